The summed E-state index contributed by atoms with van der Waals surface area (Å²) in [5, 5.41) is 7.56. The van der Waals surface area contributed by atoms with Crippen molar-refractivity contribution in [3.63, 3.8) is 0 Å². The van der Waals surface area contributed by atoms with Crippen molar-refractivity contribution in [2.45, 2.75) is 32.4 Å². The van der Waals surface area contributed by atoms with E-state index in [-0.39, 0.29) is 11.5 Å². The molecule has 0 bridgehead atoms. The van der Waals surface area contributed by atoms with Gasteiger partial charge in [-0.25, -0.2) is 8.42 Å². The van der Waals surface area contributed by atoms with Crippen LogP contribution >= 0.6 is 0 Å². The van der Waals surface area contributed by atoms with Crippen LogP contribution in [0.2, 0.25) is 0 Å². The van der Waals surface area contributed by atoms with Crippen molar-refractivity contribution in [1.29, 1.82) is 0 Å². The van der Waals surface area contributed by atoms with E-state index in [9.17, 15) is 8.42 Å². The molecule has 0 fully saturated rings. The first-order chi connectivity index (χ1) is 9.44. The minimum absolute atomic E-state index is 0.0795. The minimum atomic E-state index is -3.10. The summed E-state index contributed by atoms with van der Waals surface area (Å²) < 4.78 is 29.2. The minimum Gasteiger partial charge on any atom is -0.426 e. The number of hydrogen-bond acceptors (Lipinski definition) is 5. The van der Waals surface area contributed by atoms with Gasteiger partial charge in [0.1, 0.15) is 0 Å². The fourth-order valence-electron chi connectivity index (χ4n) is 1.89. The fraction of sp³-hybridized carbons (Fsp3) is 0.429. The highest BCUT2D eigenvalue weighted by molar-refractivity contribution is 7.90. The third kappa shape index (κ3) is 4.45. The summed E-state index contributed by atoms with van der Waals surface area (Å²) in [7, 11) is -3.10. The largest absolute Gasteiger partial charge is 0.426 e. The van der Waals surface area contributed by atoms with Crippen LogP contribution in [0.15, 0.2) is 28.7 Å². The van der Waals surface area contributed by atoms with Crippen LogP contribution in [-0.4, -0.2) is 24.4 Å². The molecule has 1 aromatic heterocycles. The Hall–Kier alpha value is -1.69. The van der Waals surface area contributed by atoms with Crippen molar-refractivity contribution in [3.05, 3.63) is 47.2 Å². The van der Waals surface area contributed by atoms with Crippen LogP contribution in [0.5, 0.6) is 0 Å². The lowest BCUT2D eigenvalue weighted by atomic mass is 10.2. The molecular formula is C14H18N2O3S. The normalized spacial score (nSPS) is 11.7. The Morgan fingerprint density at radius 2 is 1.80 bits per heavy atom. The zero-order valence-corrected chi connectivity index (χ0v) is 12.5. The van der Waals surface area contributed by atoms with Gasteiger partial charge in [-0.3, -0.25) is 0 Å². The number of benzene rings is 1. The van der Waals surface area contributed by atoms with Crippen molar-refractivity contribution < 1.29 is 12.8 Å². The molecule has 1 aromatic carbocycles. The molecule has 0 unspecified atom stereocenters. The van der Waals surface area contributed by atoms with Gasteiger partial charge in [0.15, 0.2) is 9.84 Å². The van der Waals surface area contributed by atoms with Crippen molar-refractivity contribution in [3.8, 4) is 0 Å². The summed E-state index contributed by atoms with van der Waals surface area (Å²) in [5.74, 6) is 1.20. The molecule has 0 aliphatic rings. The molecule has 1 heterocycles. The van der Waals surface area contributed by atoms with Crippen LogP contribution in [0, 0.1) is 13.8 Å². The molecule has 0 aliphatic heterocycles. The predicted octanol–water partition coefficient (Wildman–Crippen LogP) is 2.23. The SMILES string of the molecule is Cc1ccc(CS(=O)(=O)CCCc2nnc(C)o2)cc1. The smallest absolute Gasteiger partial charge is 0.216 e. The number of aromatic nitrogens is 2. The number of rotatable bonds is 6. The van der Waals surface area contributed by atoms with E-state index in [0.717, 1.165) is 11.1 Å². The summed E-state index contributed by atoms with van der Waals surface area (Å²) in [6.45, 7) is 3.69. The molecule has 0 radical (unpaired) electrons. The lowest BCUT2D eigenvalue weighted by Gasteiger charge is -2.04. The predicted molar refractivity (Wildman–Crippen MR) is 76.0 cm³/mol. The van der Waals surface area contributed by atoms with Crippen LogP contribution < -0.4 is 0 Å². The summed E-state index contributed by atoms with van der Waals surface area (Å²) in [6.07, 6.45) is 0.990. The molecule has 0 saturated carbocycles. The molecule has 108 valence electrons. The van der Waals surface area contributed by atoms with Gasteiger partial charge in [-0.15, -0.1) is 10.2 Å². The first kappa shape index (κ1) is 14.7. The third-order valence-electron chi connectivity index (χ3n) is 2.92. The van der Waals surface area contributed by atoms with Crippen LogP contribution in [0.4, 0.5) is 0 Å². The Kier molecular flexibility index (Phi) is 4.54. The van der Waals surface area contributed by atoms with E-state index in [4.69, 9.17) is 4.42 Å². The van der Waals surface area contributed by atoms with E-state index in [0.29, 0.717) is 24.6 Å². The first-order valence-corrected chi connectivity index (χ1v) is 8.32. The van der Waals surface area contributed by atoms with Gasteiger partial charge in [-0.2, -0.15) is 0 Å². The molecule has 0 amide bonds. The number of aryl methyl sites for hydroxylation is 3. The second kappa shape index (κ2) is 6.17. The summed E-state index contributed by atoms with van der Waals surface area (Å²) >= 11 is 0. The monoisotopic (exact) mass is 294 g/mol. The van der Waals surface area contributed by atoms with Crippen molar-refractivity contribution in [2.75, 3.05) is 5.75 Å². The van der Waals surface area contributed by atoms with Crippen LogP contribution in [0.3, 0.4) is 0 Å². The molecule has 0 N–H and O–H groups in total. The molecule has 0 spiro atoms. The van der Waals surface area contributed by atoms with Gasteiger partial charge >= 0.3 is 0 Å². The quantitative estimate of drug-likeness (QED) is 0.817. The Bertz CT molecular complexity index is 660. The van der Waals surface area contributed by atoms with Gasteiger partial charge in [-0.1, -0.05) is 29.8 Å². The second-order valence-corrected chi connectivity index (χ2v) is 7.08. The van der Waals surface area contributed by atoms with Crippen LogP contribution in [0.25, 0.3) is 0 Å². The lowest BCUT2D eigenvalue weighted by Crippen LogP contribution is -2.10. The fourth-order valence-corrected chi connectivity index (χ4v) is 3.32. The topological polar surface area (TPSA) is 73.1 Å². The van der Waals surface area contributed by atoms with Crippen LogP contribution in [0.1, 0.15) is 29.3 Å². The second-order valence-electron chi connectivity index (χ2n) is 4.90. The number of nitrogens with zero attached hydrogens (tertiary/aromatic N) is 2. The van der Waals surface area contributed by atoms with Gasteiger partial charge in [0.2, 0.25) is 11.8 Å². The van der Waals surface area contributed by atoms with Crippen molar-refractivity contribution in [2.24, 2.45) is 0 Å². The van der Waals surface area contributed by atoms with E-state index in [2.05, 4.69) is 10.2 Å². The van der Waals surface area contributed by atoms with E-state index in [1.807, 2.05) is 31.2 Å². The molecular weight excluding hydrogens is 276 g/mol. The van der Waals surface area contributed by atoms with Crippen molar-refractivity contribution >= 4 is 9.84 Å². The maximum absolute atomic E-state index is 12.0. The summed E-state index contributed by atoms with van der Waals surface area (Å²) in [5.41, 5.74) is 1.95. The summed E-state index contributed by atoms with van der Waals surface area (Å²) in [6, 6.07) is 7.56. The molecule has 6 heteroatoms. The average molecular weight is 294 g/mol. The van der Waals surface area contributed by atoms with Crippen LogP contribution in [-0.2, 0) is 22.0 Å². The highest BCUT2D eigenvalue weighted by Gasteiger charge is 2.13. The van der Waals surface area contributed by atoms with E-state index < -0.39 is 9.84 Å². The van der Waals surface area contributed by atoms with E-state index in [1.54, 1.807) is 6.92 Å². The number of hydrogen-bond donors (Lipinski definition) is 0. The van der Waals surface area contributed by atoms with Gasteiger partial charge < -0.3 is 4.42 Å². The van der Waals surface area contributed by atoms with E-state index >= 15 is 0 Å². The van der Waals surface area contributed by atoms with Gasteiger partial charge in [0.05, 0.1) is 11.5 Å². The van der Waals surface area contributed by atoms with Gasteiger partial charge in [0, 0.05) is 13.3 Å². The Morgan fingerprint density at radius 1 is 1.10 bits per heavy atom. The lowest BCUT2D eigenvalue weighted by molar-refractivity contribution is 0.465. The Labute approximate surface area is 119 Å². The zero-order valence-electron chi connectivity index (χ0n) is 11.7. The first-order valence-electron chi connectivity index (χ1n) is 6.49. The molecule has 2 rings (SSSR count). The third-order valence-corrected chi connectivity index (χ3v) is 4.60. The van der Waals surface area contributed by atoms with Gasteiger partial charge in [0.25, 0.3) is 0 Å². The molecule has 5 nitrogen and oxygen atoms in total. The maximum Gasteiger partial charge on any atom is 0.216 e. The molecule has 0 aliphatic carbocycles. The standard InChI is InChI=1S/C14H18N2O3S/c1-11-5-7-13(8-6-11)10-20(17,18)9-3-4-14-16-15-12(2)19-14/h5-8H,3-4,9-10H2,1-2H3. The summed E-state index contributed by atoms with van der Waals surface area (Å²) in [4.78, 5) is 0. The highest BCUT2D eigenvalue weighted by atomic mass is 32.2. The molecule has 2 aromatic rings. The van der Waals surface area contributed by atoms with E-state index in [1.165, 1.54) is 0 Å². The molecule has 0 atom stereocenters. The highest BCUT2D eigenvalue weighted by Crippen LogP contribution is 2.10. The Balaban J connectivity index is 1.86. The molecule has 0 saturated heterocycles. The van der Waals surface area contributed by atoms with Crippen molar-refractivity contribution in [1.82, 2.24) is 10.2 Å². The number of sulfone groups is 1. The maximum atomic E-state index is 12.0. The Morgan fingerprint density at radius 3 is 2.40 bits per heavy atom. The zero-order chi connectivity index (χ0) is 14.6. The molecule has 20 heavy (non-hydrogen) atoms. The average Bonchev–Trinajstić information content (AvgIpc) is 2.77. The van der Waals surface area contributed by atoms with Gasteiger partial charge in [-0.05, 0) is 18.9 Å².